The number of nitrogens with zero attached hydrogens (tertiary/aromatic N) is 1. The smallest absolute Gasteiger partial charge is 0.319 e. The highest BCUT2D eigenvalue weighted by Crippen LogP contribution is 2.37. The van der Waals surface area contributed by atoms with Crippen molar-refractivity contribution in [1.29, 1.82) is 0 Å². The van der Waals surface area contributed by atoms with E-state index in [9.17, 15) is 9.59 Å². The molecule has 28 heavy (non-hydrogen) atoms. The fourth-order valence-electron chi connectivity index (χ4n) is 4.29. The van der Waals surface area contributed by atoms with E-state index in [0.29, 0.717) is 30.5 Å². The van der Waals surface area contributed by atoms with E-state index in [4.69, 9.17) is 0 Å². The van der Waals surface area contributed by atoms with Crippen LogP contribution < -0.4 is 16.0 Å². The highest BCUT2D eigenvalue weighted by molar-refractivity contribution is 5.89. The molecule has 1 aromatic rings. The van der Waals surface area contributed by atoms with Crippen LogP contribution in [0.15, 0.2) is 24.3 Å². The molecule has 2 aliphatic rings. The summed E-state index contributed by atoms with van der Waals surface area (Å²) in [5.74, 6) is 0.295. The molecular weight excluding hydrogens is 352 g/mol. The first-order valence-electron chi connectivity index (χ1n) is 10.5. The summed E-state index contributed by atoms with van der Waals surface area (Å²) in [6.07, 6.45) is 5.30. The van der Waals surface area contributed by atoms with Gasteiger partial charge in [-0.2, -0.15) is 0 Å². The van der Waals surface area contributed by atoms with E-state index in [1.165, 1.54) is 6.42 Å². The Balaban J connectivity index is 1.41. The molecule has 1 aliphatic carbocycles. The number of nitrogens with one attached hydrogen (secondary N) is 3. The average Bonchev–Trinajstić information content (AvgIpc) is 3.00. The van der Waals surface area contributed by atoms with Gasteiger partial charge in [-0.15, -0.1) is 0 Å². The Hall–Kier alpha value is -2.24. The second-order valence-electron chi connectivity index (χ2n) is 9.21. The van der Waals surface area contributed by atoms with Gasteiger partial charge >= 0.3 is 12.1 Å². The second-order valence-corrected chi connectivity index (χ2v) is 9.21. The molecule has 1 aliphatic heterocycles. The molecule has 0 radical (unpaired) electrons. The maximum Gasteiger partial charge on any atom is 0.319 e. The third-order valence-corrected chi connectivity index (χ3v) is 5.96. The van der Waals surface area contributed by atoms with Crippen LogP contribution in [0.4, 0.5) is 15.3 Å². The van der Waals surface area contributed by atoms with Gasteiger partial charge in [0.15, 0.2) is 0 Å². The minimum Gasteiger partial charge on any atom is -0.338 e. The number of amides is 4. The number of carbonyl (C=O) groups is 2. The summed E-state index contributed by atoms with van der Waals surface area (Å²) in [7, 11) is 0. The van der Waals surface area contributed by atoms with Crippen LogP contribution in [0.5, 0.6) is 0 Å². The van der Waals surface area contributed by atoms with Gasteiger partial charge in [0.1, 0.15) is 0 Å². The Morgan fingerprint density at radius 3 is 2.61 bits per heavy atom. The average molecular weight is 387 g/mol. The molecule has 2 unspecified atom stereocenters. The number of aryl methyl sites for hydroxylation is 1. The molecule has 2 atom stereocenters. The first kappa shape index (κ1) is 20.5. The number of hydrogen-bond acceptors (Lipinski definition) is 2. The van der Waals surface area contributed by atoms with Crippen molar-refractivity contribution in [3.63, 3.8) is 0 Å². The molecular formula is C22H34N4O2. The van der Waals surface area contributed by atoms with Crippen LogP contribution in [-0.2, 0) is 0 Å². The predicted molar refractivity (Wildman–Crippen MR) is 112 cm³/mol. The normalized spacial score (nSPS) is 23.9. The fraction of sp³-hybridized carbons (Fsp3) is 0.636. The lowest BCUT2D eigenvalue weighted by Crippen LogP contribution is -2.50. The Morgan fingerprint density at radius 1 is 1.18 bits per heavy atom. The van der Waals surface area contributed by atoms with Gasteiger partial charge in [0.2, 0.25) is 0 Å². The number of anilines is 1. The Morgan fingerprint density at radius 2 is 1.93 bits per heavy atom. The van der Waals surface area contributed by atoms with Gasteiger partial charge in [0.25, 0.3) is 0 Å². The van der Waals surface area contributed by atoms with E-state index < -0.39 is 0 Å². The monoisotopic (exact) mass is 386 g/mol. The highest BCUT2D eigenvalue weighted by Gasteiger charge is 2.33. The molecule has 1 aromatic carbocycles. The van der Waals surface area contributed by atoms with Crippen molar-refractivity contribution in [3.8, 4) is 0 Å². The largest absolute Gasteiger partial charge is 0.338 e. The SMILES string of the molecule is Cc1ccc(NC(=O)NCC2CCCN(C(=O)NC3CCC(C)(C)C3)C2)cc1. The van der Waals surface area contributed by atoms with E-state index in [0.717, 1.165) is 43.5 Å². The summed E-state index contributed by atoms with van der Waals surface area (Å²) in [6, 6.07) is 7.88. The quantitative estimate of drug-likeness (QED) is 0.728. The highest BCUT2D eigenvalue weighted by atomic mass is 16.2. The van der Waals surface area contributed by atoms with Gasteiger partial charge in [-0.25, -0.2) is 9.59 Å². The van der Waals surface area contributed by atoms with Crippen molar-refractivity contribution in [2.75, 3.05) is 25.0 Å². The Bertz CT molecular complexity index is 686. The summed E-state index contributed by atoms with van der Waals surface area (Å²) < 4.78 is 0. The van der Waals surface area contributed by atoms with Crippen LogP contribution in [0, 0.1) is 18.3 Å². The number of piperidine rings is 1. The van der Waals surface area contributed by atoms with Crippen LogP contribution in [0.1, 0.15) is 51.5 Å². The van der Waals surface area contributed by atoms with E-state index in [-0.39, 0.29) is 12.1 Å². The molecule has 1 saturated carbocycles. The molecule has 154 valence electrons. The number of benzene rings is 1. The summed E-state index contributed by atoms with van der Waals surface area (Å²) in [6.45, 7) is 8.63. The van der Waals surface area contributed by atoms with E-state index in [1.807, 2.05) is 36.1 Å². The summed E-state index contributed by atoms with van der Waals surface area (Å²) in [5.41, 5.74) is 2.27. The van der Waals surface area contributed by atoms with Crippen LogP contribution in [0.2, 0.25) is 0 Å². The molecule has 0 aromatic heterocycles. The third kappa shape index (κ3) is 5.88. The molecule has 0 bridgehead atoms. The Kier molecular flexibility index (Phi) is 6.47. The summed E-state index contributed by atoms with van der Waals surface area (Å²) in [5, 5.41) is 9.02. The first-order valence-corrected chi connectivity index (χ1v) is 10.5. The van der Waals surface area contributed by atoms with Gasteiger partial charge in [-0.3, -0.25) is 0 Å². The lowest BCUT2D eigenvalue weighted by Gasteiger charge is -2.33. The van der Waals surface area contributed by atoms with Crippen molar-refractivity contribution in [2.24, 2.45) is 11.3 Å². The van der Waals surface area contributed by atoms with Gasteiger partial charge in [0, 0.05) is 31.4 Å². The third-order valence-electron chi connectivity index (χ3n) is 5.96. The molecule has 0 spiro atoms. The standard InChI is InChI=1S/C22H34N4O2/c1-16-6-8-18(9-7-16)24-20(27)23-14-17-5-4-12-26(15-17)21(28)25-19-10-11-22(2,3)13-19/h6-9,17,19H,4-5,10-15H2,1-3H3,(H,25,28)(H2,23,24,27). The van der Waals surface area contributed by atoms with E-state index in [2.05, 4.69) is 29.8 Å². The number of likely N-dealkylation sites (tertiary alicyclic amines) is 1. The van der Waals surface area contributed by atoms with Crippen LogP contribution in [0.25, 0.3) is 0 Å². The van der Waals surface area contributed by atoms with E-state index >= 15 is 0 Å². The van der Waals surface area contributed by atoms with Crippen LogP contribution in [-0.4, -0.2) is 42.6 Å². The summed E-state index contributed by atoms with van der Waals surface area (Å²) in [4.78, 5) is 26.7. The first-order chi connectivity index (χ1) is 13.3. The van der Waals surface area contributed by atoms with Crippen LogP contribution >= 0.6 is 0 Å². The predicted octanol–water partition coefficient (Wildman–Crippen LogP) is 4.12. The minimum absolute atomic E-state index is 0.0523. The van der Waals surface area contributed by atoms with E-state index in [1.54, 1.807) is 0 Å². The van der Waals surface area contributed by atoms with Crippen molar-refractivity contribution >= 4 is 17.7 Å². The zero-order chi connectivity index (χ0) is 20.1. The zero-order valence-corrected chi connectivity index (χ0v) is 17.4. The van der Waals surface area contributed by atoms with Crippen molar-refractivity contribution in [2.45, 2.75) is 58.9 Å². The number of rotatable bonds is 4. The van der Waals surface area contributed by atoms with Crippen molar-refractivity contribution in [3.05, 3.63) is 29.8 Å². The summed E-state index contributed by atoms with van der Waals surface area (Å²) >= 11 is 0. The number of urea groups is 2. The van der Waals surface area contributed by atoms with Crippen molar-refractivity contribution < 1.29 is 9.59 Å². The molecule has 3 rings (SSSR count). The molecule has 1 saturated heterocycles. The fourth-order valence-corrected chi connectivity index (χ4v) is 4.29. The Labute approximate surface area is 168 Å². The maximum atomic E-state index is 12.6. The molecule has 6 nitrogen and oxygen atoms in total. The minimum atomic E-state index is -0.196. The van der Waals surface area contributed by atoms with Gasteiger partial charge in [-0.05, 0) is 62.5 Å². The number of carbonyl (C=O) groups excluding carboxylic acids is 2. The molecule has 3 N–H and O–H groups in total. The zero-order valence-electron chi connectivity index (χ0n) is 17.4. The van der Waals surface area contributed by atoms with Gasteiger partial charge < -0.3 is 20.9 Å². The maximum absolute atomic E-state index is 12.6. The number of hydrogen-bond donors (Lipinski definition) is 3. The molecule has 2 fully saturated rings. The lowest BCUT2D eigenvalue weighted by molar-refractivity contribution is 0.161. The second kappa shape index (κ2) is 8.84. The molecule has 6 heteroatoms. The molecule has 1 heterocycles. The topological polar surface area (TPSA) is 73.5 Å². The van der Waals surface area contributed by atoms with Gasteiger partial charge in [-0.1, -0.05) is 31.5 Å². The lowest BCUT2D eigenvalue weighted by atomic mass is 9.92. The van der Waals surface area contributed by atoms with Crippen LogP contribution in [0.3, 0.4) is 0 Å². The van der Waals surface area contributed by atoms with Gasteiger partial charge in [0.05, 0.1) is 0 Å². The van der Waals surface area contributed by atoms with Crippen molar-refractivity contribution in [1.82, 2.24) is 15.5 Å². The molecule has 4 amide bonds.